The van der Waals surface area contributed by atoms with Gasteiger partial charge in [-0.15, -0.1) is 0 Å². The van der Waals surface area contributed by atoms with Crippen LogP contribution in [0.4, 0.5) is 0 Å². The van der Waals surface area contributed by atoms with E-state index in [0.717, 1.165) is 0 Å². The highest BCUT2D eigenvalue weighted by atomic mass is 16.4. The molecule has 1 aliphatic carbocycles. The van der Waals surface area contributed by atoms with E-state index < -0.39 is 11.5 Å². The lowest BCUT2D eigenvalue weighted by Crippen LogP contribution is -2.39. The number of carboxylic acids is 1. The molecule has 0 radical (unpaired) electrons. The average Bonchev–Trinajstić information content (AvgIpc) is 2.62. The first-order valence-corrected chi connectivity index (χ1v) is 3.20. The first-order valence-electron chi connectivity index (χ1n) is 3.20. The van der Waals surface area contributed by atoms with Crippen LogP contribution in [0.25, 0.3) is 0 Å². The number of carboxylic acid groups (broad SMARTS) is 1. The maximum Gasteiger partial charge on any atom is 0.324 e. The van der Waals surface area contributed by atoms with E-state index in [4.69, 9.17) is 10.2 Å². The number of aliphatic hydroxyl groups is 1. The van der Waals surface area contributed by atoms with E-state index in [1.165, 1.54) is 0 Å². The number of rotatable bonds is 3. The summed E-state index contributed by atoms with van der Waals surface area (Å²) >= 11 is 0. The molecule has 0 heterocycles. The first kappa shape index (κ1) is 7.50. The first-order chi connectivity index (χ1) is 4.67. The van der Waals surface area contributed by atoms with Crippen molar-refractivity contribution in [3.8, 4) is 0 Å². The van der Waals surface area contributed by atoms with Gasteiger partial charge in [-0.25, -0.2) is 0 Å². The summed E-state index contributed by atoms with van der Waals surface area (Å²) in [5, 5.41) is 19.9. The van der Waals surface area contributed by atoms with Gasteiger partial charge >= 0.3 is 5.97 Å². The molecule has 3 N–H and O–H groups in total. The zero-order valence-electron chi connectivity index (χ0n) is 5.79. The molecule has 1 aliphatic rings. The van der Waals surface area contributed by atoms with E-state index in [1.807, 2.05) is 0 Å². The molecular formula is C6H11NO3. The molecule has 1 rings (SSSR count). The van der Waals surface area contributed by atoms with E-state index in [9.17, 15) is 4.79 Å². The van der Waals surface area contributed by atoms with Crippen molar-refractivity contribution < 1.29 is 15.0 Å². The lowest BCUT2D eigenvalue weighted by atomic mass is 10.2. The average molecular weight is 145 g/mol. The highest BCUT2D eigenvalue weighted by Gasteiger charge is 2.59. The van der Waals surface area contributed by atoms with Gasteiger partial charge in [-0.3, -0.25) is 4.79 Å². The Labute approximate surface area is 58.9 Å². The van der Waals surface area contributed by atoms with E-state index in [2.05, 4.69) is 5.32 Å². The van der Waals surface area contributed by atoms with Crippen molar-refractivity contribution in [2.75, 3.05) is 13.7 Å². The van der Waals surface area contributed by atoms with Crippen LogP contribution in [0.3, 0.4) is 0 Å². The fourth-order valence-electron chi connectivity index (χ4n) is 1.23. The molecule has 0 aromatic carbocycles. The van der Waals surface area contributed by atoms with Crippen LogP contribution in [-0.4, -0.2) is 35.4 Å². The van der Waals surface area contributed by atoms with Crippen molar-refractivity contribution >= 4 is 5.97 Å². The molecule has 0 bridgehead atoms. The number of hydrogen-bond donors (Lipinski definition) is 3. The molecule has 1 fully saturated rings. The van der Waals surface area contributed by atoms with Crippen LogP contribution in [0, 0.1) is 5.92 Å². The van der Waals surface area contributed by atoms with Crippen molar-refractivity contribution in [2.24, 2.45) is 5.92 Å². The van der Waals surface area contributed by atoms with Crippen LogP contribution >= 0.6 is 0 Å². The molecule has 0 saturated heterocycles. The molecule has 0 spiro atoms. The number of aliphatic hydroxyl groups excluding tert-OH is 1. The molecule has 0 aromatic heterocycles. The third-order valence-electron chi connectivity index (χ3n) is 2.15. The molecule has 4 heteroatoms. The minimum Gasteiger partial charge on any atom is -0.480 e. The molecule has 58 valence electrons. The third-order valence-corrected chi connectivity index (χ3v) is 2.15. The van der Waals surface area contributed by atoms with Crippen molar-refractivity contribution in [3.05, 3.63) is 0 Å². The molecule has 4 nitrogen and oxygen atoms in total. The fraction of sp³-hybridized carbons (Fsp3) is 0.833. The summed E-state index contributed by atoms with van der Waals surface area (Å²) in [6.45, 7) is -0.0485. The van der Waals surface area contributed by atoms with Crippen LogP contribution in [0.15, 0.2) is 0 Å². The van der Waals surface area contributed by atoms with Gasteiger partial charge in [0.05, 0.1) is 0 Å². The Morgan fingerprint density at radius 2 is 2.50 bits per heavy atom. The summed E-state index contributed by atoms with van der Waals surface area (Å²) in [6, 6.07) is 0. The number of hydrogen-bond acceptors (Lipinski definition) is 3. The Bertz CT molecular complexity index is 159. The number of likely N-dealkylation sites (N-methyl/N-ethyl adjacent to an activating group) is 1. The van der Waals surface area contributed by atoms with E-state index in [0.29, 0.717) is 6.42 Å². The summed E-state index contributed by atoms with van der Waals surface area (Å²) in [7, 11) is 1.60. The fourth-order valence-corrected chi connectivity index (χ4v) is 1.23. The van der Waals surface area contributed by atoms with Crippen molar-refractivity contribution in [2.45, 2.75) is 12.0 Å². The Morgan fingerprint density at radius 1 is 1.90 bits per heavy atom. The van der Waals surface area contributed by atoms with Crippen LogP contribution in [-0.2, 0) is 4.79 Å². The van der Waals surface area contributed by atoms with Crippen LogP contribution in [0.1, 0.15) is 6.42 Å². The second-order valence-corrected chi connectivity index (χ2v) is 2.61. The summed E-state index contributed by atoms with van der Waals surface area (Å²) in [4.78, 5) is 10.5. The molecule has 1 saturated carbocycles. The van der Waals surface area contributed by atoms with E-state index in [-0.39, 0.29) is 12.5 Å². The van der Waals surface area contributed by atoms with Crippen molar-refractivity contribution in [3.63, 3.8) is 0 Å². The minimum absolute atomic E-state index is 0.0485. The maximum absolute atomic E-state index is 10.5. The lowest BCUT2D eigenvalue weighted by Gasteiger charge is -2.08. The lowest BCUT2D eigenvalue weighted by molar-refractivity contribution is -0.141. The zero-order chi connectivity index (χ0) is 7.78. The van der Waals surface area contributed by atoms with Gasteiger partial charge in [0.15, 0.2) is 0 Å². The normalized spacial score (nSPS) is 37.6. The van der Waals surface area contributed by atoms with Crippen LogP contribution in [0.5, 0.6) is 0 Å². The van der Waals surface area contributed by atoms with Crippen LogP contribution < -0.4 is 5.32 Å². The van der Waals surface area contributed by atoms with Gasteiger partial charge in [-0.2, -0.15) is 0 Å². The van der Waals surface area contributed by atoms with Gasteiger partial charge in [0, 0.05) is 12.5 Å². The van der Waals surface area contributed by atoms with Gasteiger partial charge in [0.1, 0.15) is 5.54 Å². The van der Waals surface area contributed by atoms with Gasteiger partial charge in [-0.05, 0) is 13.5 Å². The Kier molecular flexibility index (Phi) is 1.66. The topological polar surface area (TPSA) is 69.6 Å². The number of carbonyl (C=O) groups is 1. The number of aliphatic carboxylic acids is 1. The molecular weight excluding hydrogens is 134 g/mol. The molecule has 0 aliphatic heterocycles. The molecule has 2 atom stereocenters. The quantitative estimate of drug-likeness (QED) is 0.478. The van der Waals surface area contributed by atoms with Crippen molar-refractivity contribution in [1.82, 2.24) is 5.32 Å². The van der Waals surface area contributed by atoms with Gasteiger partial charge in [-0.1, -0.05) is 0 Å². The summed E-state index contributed by atoms with van der Waals surface area (Å²) in [6.07, 6.45) is 0.537. The maximum atomic E-state index is 10.5. The largest absolute Gasteiger partial charge is 0.480 e. The van der Waals surface area contributed by atoms with E-state index in [1.54, 1.807) is 7.05 Å². The second kappa shape index (κ2) is 2.21. The minimum atomic E-state index is -0.867. The van der Waals surface area contributed by atoms with Crippen molar-refractivity contribution in [1.29, 1.82) is 0 Å². The smallest absolute Gasteiger partial charge is 0.324 e. The standard InChI is InChI=1S/C6H11NO3/c1-7-6(5(9)10)2-4(6)3-8/h4,7-8H,2-3H2,1H3,(H,9,10)/t4-,6+/m1/s1. The summed E-state index contributed by atoms with van der Waals surface area (Å²) in [5.41, 5.74) is -0.825. The van der Waals surface area contributed by atoms with E-state index >= 15 is 0 Å². The second-order valence-electron chi connectivity index (χ2n) is 2.61. The highest BCUT2D eigenvalue weighted by molar-refractivity contribution is 5.83. The van der Waals surface area contributed by atoms with Crippen LogP contribution in [0.2, 0.25) is 0 Å². The zero-order valence-corrected chi connectivity index (χ0v) is 5.79. The Balaban J connectivity index is 2.59. The predicted octanol–water partition coefficient (Wildman–Crippen LogP) is -0.959. The summed E-state index contributed by atoms with van der Waals surface area (Å²) in [5.74, 6) is -0.968. The third kappa shape index (κ3) is 0.803. The molecule has 0 unspecified atom stereocenters. The van der Waals surface area contributed by atoms with Gasteiger partial charge < -0.3 is 15.5 Å². The van der Waals surface area contributed by atoms with Gasteiger partial charge in [0.25, 0.3) is 0 Å². The highest BCUT2D eigenvalue weighted by Crippen LogP contribution is 2.42. The Hall–Kier alpha value is -0.610. The van der Waals surface area contributed by atoms with Gasteiger partial charge in [0.2, 0.25) is 0 Å². The number of nitrogens with one attached hydrogen (secondary N) is 1. The predicted molar refractivity (Wildman–Crippen MR) is 34.6 cm³/mol. The molecule has 10 heavy (non-hydrogen) atoms. The summed E-state index contributed by atoms with van der Waals surface area (Å²) < 4.78 is 0. The molecule has 0 amide bonds. The SMILES string of the molecule is CN[C@@]1(C(=O)O)C[C@@H]1CO. The molecule has 0 aromatic rings. The Morgan fingerprint density at radius 3 is 2.60 bits per heavy atom. The monoisotopic (exact) mass is 145 g/mol.